The molecule has 4 bridgehead atoms. The Morgan fingerprint density at radius 3 is 2.21 bits per heavy atom. The molecule has 5 heteroatoms. The fourth-order valence-electron chi connectivity index (χ4n) is 6.08. The maximum absolute atomic E-state index is 12.5. The minimum Gasteiger partial charge on any atom is -0.492 e. The zero-order chi connectivity index (χ0) is 20.2. The van der Waals surface area contributed by atoms with E-state index in [1.165, 1.54) is 32.1 Å². The van der Waals surface area contributed by atoms with Gasteiger partial charge in [-0.2, -0.15) is 0 Å². The zero-order valence-corrected chi connectivity index (χ0v) is 18.0. The van der Waals surface area contributed by atoms with Crippen molar-refractivity contribution in [3.63, 3.8) is 0 Å². The minimum absolute atomic E-state index is 0.0120. The van der Waals surface area contributed by atoms with Crippen molar-refractivity contribution in [2.45, 2.75) is 58.5 Å². The summed E-state index contributed by atoms with van der Waals surface area (Å²) in [6, 6.07) is 8.45. The Morgan fingerprint density at radius 2 is 1.62 bits per heavy atom. The van der Waals surface area contributed by atoms with Gasteiger partial charge in [0, 0.05) is 19.1 Å². The van der Waals surface area contributed by atoms with Gasteiger partial charge in [-0.1, -0.05) is 26.0 Å². The van der Waals surface area contributed by atoms with E-state index in [2.05, 4.69) is 29.4 Å². The first-order valence-electron chi connectivity index (χ1n) is 11.6. The van der Waals surface area contributed by atoms with Gasteiger partial charge in [0.1, 0.15) is 12.4 Å². The van der Waals surface area contributed by atoms with Crippen molar-refractivity contribution in [3.8, 4) is 5.75 Å². The predicted octanol–water partition coefficient (Wildman–Crippen LogP) is 4.03. The van der Waals surface area contributed by atoms with E-state index in [1.54, 1.807) is 0 Å². The van der Waals surface area contributed by atoms with Crippen LogP contribution in [0, 0.1) is 23.7 Å². The molecule has 0 spiro atoms. The van der Waals surface area contributed by atoms with Gasteiger partial charge >= 0.3 is 6.03 Å². The van der Waals surface area contributed by atoms with Crippen LogP contribution in [0.4, 0.5) is 4.79 Å². The standard InChI is InChI=1S/C24H37N3O2/c1-3-27(4-2)9-10-29-22-7-5-17(6-8-22)16-25-24(28)26-23-20-12-18-11-19(14-20)15-21(23)13-18/h5-8,18-21,23H,3-4,9-16H2,1-2H3,(H2,25,26,28). The molecule has 0 radical (unpaired) electrons. The molecule has 4 aliphatic carbocycles. The van der Waals surface area contributed by atoms with Crippen LogP contribution in [0.5, 0.6) is 5.75 Å². The van der Waals surface area contributed by atoms with Crippen LogP contribution in [-0.2, 0) is 6.54 Å². The summed E-state index contributed by atoms with van der Waals surface area (Å²) in [5.41, 5.74) is 1.10. The van der Waals surface area contributed by atoms with Crippen LogP contribution in [0.1, 0.15) is 51.5 Å². The normalized spacial score (nSPS) is 29.8. The topological polar surface area (TPSA) is 53.6 Å². The van der Waals surface area contributed by atoms with Crippen LogP contribution < -0.4 is 15.4 Å². The molecule has 29 heavy (non-hydrogen) atoms. The third-order valence-electron chi connectivity index (χ3n) is 7.47. The molecule has 5 rings (SSSR count). The van der Waals surface area contributed by atoms with Crippen LogP contribution in [-0.4, -0.2) is 43.2 Å². The summed E-state index contributed by atoms with van der Waals surface area (Å²) in [4.78, 5) is 14.8. The van der Waals surface area contributed by atoms with E-state index in [0.717, 1.165) is 42.8 Å². The Labute approximate surface area is 175 Å². The lowest BCUT2D eigenvalue weighted by Gasteiger charge is -2.54. The number of urea groups is 1. The first kappa shape index (κ1) is 20.5. The van der Waals surface area contributed by atoms with Gasteiger partial charge in [-0.3, -0.25) is 0 Å². The number of rotatable bonds is 9. The number of ether oxygens (including phenoxy) is 1. The number of nitrogens with one attached hydrogen (secondary N) is 2. The Morgan fingerprint density at radius 1 is 1.00 bits per heavy atom. The van der Waals surface area contributed by atoms with E-state index >= 15 is 0 Å². The molecule has 0 heterocycles. The molecule has 2 N–H and O–H groups in total. The van der Waals surface area contributed by atoms with Crippen LogP contribution in [0.25, 0.3) is 0 Å². The number of benzene rings is 1. The summed E-state index contributed by atoms with van der Waals surface area (Å²) in [5.74, 6) is 4.19. The van der Waals surface area contributed by atoms with Crippen LogP contribution in [0.15, 0.2) is 24.3 Å². The van der Waals surface area contributed by atoms with E-state index in [1.807, 2.05) is 24.3 Å². The molecule has 0 unspecified atom stereocenters. The maximum atomic E-state index is 12.5. The summed E-state index contributed by atoms with van der Waals surface area (Å²) < 4.78 is 5.83. The molecule has 5 nitrogen and oxygen atoms in total. The Balaban J connectivity index is 1.19. The third-order valence-corrected chi connectivity index (χ3v) is 7.47. The first-order valence-corrected chi connectivity index (χ1v) is 11.6. The monoisotopic (exact) mass is 399 g/mol. The van der Waals surface area contributed by atoms with Crippen molar-refractivity contribution in [2.75, 3.05) is 26.2 Å². The second kappa shape index (κ2) is 9.38. The van der Waals surface area contributed by atoms with Crippen LogP contribution in [0.3, 0.4) is 0 Å². The van der Waals surface area contributed by atoms with Crippen molar-refractivity contribution < 1.29 is 9.53 Å². The van der Waals surface area contributed by atoms with Crippen LogP contribution >= 0.6 is 0 Å². The molecule has 4 aliphatic rings. The Hall–Kier alpha value is -1.75. The fraction of sp³-hybridized carbons (Fsp3) is 0.708. The van der Waals surface area contributed by atoms with Crippen molar-refractivity contribution >= 4 is 6.03 Å². The lowest BCUT2D eigenvalue weighted by atomic mass is 9.54. The first-order chi connectivity index (χ1) is 14.1. The van der Waals surface area contributed by atoms with Gasteiger partial charge in [-0.05, 0) is 86.6 Å². The minimum atomic E-state index is -0.0120. The fourth-order valence-corrected chi connectivity index (χ4v) is 6.08. The largest absolute Gasteiger partial charge is 0.492 e. The van der Waals surface area contributed by atoms with Crippen molar-refractivity contribution in [3.05, 3.63) is 29.8 Å². The average Bonchev–Trinajstić information content (AvgIpc) is 2.73. The summed E-state index contributed by atoms with van der Waals surface area (Å²) >= 11 is 0. The Bertz CT molecular complexity index is 643. The molecule has 4 saturated carbocycles. The van der Waals surface area contributed by atoms with Gasteiger partial charge in [0.25, 0.3) is 0 Å². The summed E-state index contributed by atoms with van der Waals surface area (Å²) in [6.07, 6.45) is 6.75. The van der Waals surface area contributed by atoms with Crippen molar-refractivity contribution in [2.24, 2.45) is 23.7 Å². The number of nitrogens with zero attached hydrogens (tertiary/aromatic N) is 1. The molecular formula is C24H37N3O2. The molecule has 0 atom stereocenters. The highest BCUT2D eigenvalue weighted by molar-refractivity contribution is 5.74. The lowest BCUT2D eigenvalue weighted by molar-refractivity contribution is -0.00942. The van der Waals surface area contributed by atoms with Gasteiger partial charge in [0.2, 0.25) is 0 Å². The van der Waals surface area contributed by atoms with Gasteiger partial charge in [-0.15, -0.1) is 0 Å². The van der Waals surface area contributed by atoms with Gasteiger partial charge in [-0.25, -0.2) is 4.79 Å². The Kier molecular flexibility index (Phi) is 6.63. The van der Waals surface area contributed by atoms with Crippen molar-refractivity contribution in [1.29, 1.82) is 0 Å². The van der Waals surface area contributed by atoms with E-state index in [9.17, 15) is 4.79 Å². The second-order valence-electron chi connectivity index (χ2n) is 9.30. The molecular weight excluding hydrogens is 362 g/mol. The van der Waals surface area contributed by atoms with Gasteiger partial charge in [0.15, 0.2) is 0 Å². The van der Waals surface area contributed by atoms with E-state index in [-0.39, 0.29) is 6.03 Å². The average molecular weight is 400 g/mol. The quantitative estimate of drug-likeness (QED) is 0.659. The summed E-state index contributed by atoms with van der Waals surface area (Å²) in [7, 11) is 0. The molecule has 2 amide bonds. The SMILES string of the molecule is CCN(CC)CCOc1ccc(CNC(=O)NC2C3CC4CC(C3)CC2C4)cc1. The summed E-state index contributed by atoms with van der Waals surface area (Å²) in [6.45, 7) is 8.65. The van der Waals surface area contributed by atoms with Gasteiger partial charge < -0.3 is 20.3 Å². The highest BCUT2D eigenvalue weighted by Crippen LogP contribution is 2.53. The zero-order valence-electron chi connectivity index (χ0n) is 18.0. The smallest absolute Gasteiger partial charge is 0.315 e. The van der Waals surface area contributed by atoms with Crippen molar-refractivity contribution in [1.82, 2.24) is 15.5 Å². The third kappa shape index (κ3) is 5.06. The van der Waals surface area contributed by atoms with E-state index < -0.39 is 0 Å². The molecule has 1 aromatic rings. The summed E-state index contributed by atoms with van der Waals surface area (Å²) in [5, 5.41) is 6.37. The van der Waals surface area contributed by atoms with E-state index in [0.29, 0.717) is 31.0 Å². The van der Waals surface area contributed by atoms with Crippen LogP contribution in [0.2, 0.25) is 0 Å². The molecule has 160 valence electrons. The molecule has 0 saturated heterocycles. The number of carbonyl (C=O) groups excluding carboxylic acids is 1. The maximum Gasteiger partial charge on any atom is 0.315 e. The van der Waals surface area contributed by atoms with Gasteiger partial charge in [0.05, 0.1) is 0 Å². The molecule has 1 aromatic carbocycles. The lowest BCUT2D eigenvalue weighted by Crippen LogP contribution is -2.57. The predicted molar refractivity (Wildman–Crippen MR) is 116 cm³/mol. The molecule has 0 aromatic heterocycles. The second-order valence-corrected chi connectivity index (χ2v) is 9.30. The number of amides is 2. The molecule has 0 aliphatic heterocycles. The molecule has 4 fully saturated rings. The van der Waals surface area contributed by atoms with E-state index in [4.69, 9.17) is 4.74 Å². The highest BCUT2D eigenvalue weighted by atomic mass is 16.5. The number of hydrogen-bond donors (Lipinski definition) is 2. The highest BCUT2D eigenvalue weighted by Gasteiger charge is 2.48. The number of hydrogen-bond acceptors (Lipinski definition) is 3. The number of carbonyl (C=O) groups is 1. The number of likely N-dealkylation sites (N-methyl/N-ethyl adjacent to an activating group) is 1.